The lowest BCUT2D eigenvalue weighted by Gasteiger charge is -2.29. The lowest BCUT2D eigenvalue weighted by atomic mass is 9.98. The summed E-state index contributed by atoms with van der Waals surface area (Å²) in [6.45, 7) is 4.12. The SMILES string of the molecule is Cc1ccccc1CNC(=O)COC(=O)C1CCN(S(=O)(=O)c2cn(C)c(C)n2)CC1. The zero-order chi connectivity index (χ0) is 22.6. The molecule has 0 saturated carbocycles. The van der Waals surface area contributed by atoms with Crippen molar-refractivity contribution in [2.45, 2.75) is 38.3 Å². The highest BCUT2D eigenvalue weighted by Gasteiger charge is 2.34. The van der Waals surface area contributed by atoms with Crippen molar-refractivity contribution in [3.63, 3.8) is 0 Å². The molecule has 9 nitrogen and oxygen atoms in total. The first-order chi connectivity index (χ1) is 14.7. The molecule has 0 spiro atoms. The number of carbonyl (C=O) groups excluding carboxylic acids is 2. The summed E-state index contributed by atoms with van der Waals surface area (Å²) >= 11 is 0. The molecule has 10 heteroatoms. The summed E-state index contributed by atoms with van der Waals surface area (Å²) in [7, 11) is -1.95. The lowest BCUT2D eigenvalue weighted by Crippen LogP contribution is -2.41. The number of amides is 1. The van der Waals surface area contributed by atoms with Gasteiger partial charge in [0.1, 0.15) is 5.82 Å². The van der Waals surface area contributed by atoms with E-state index in [1.807, 2.05) is 31.2 Å². The van der Waals surface area contributed by atoms with Gasteiger partial charge in [-0.1, -0.05) is 24.3 Å². The lowest BCUT2D eigenvalue weighted by molar-refractivity contribution is -0.153. The molecular formula is C21H28N4O5S. The Labute approximate surface area is 182 Å². The van der Waals surface area contributed by atoms with Crippen LogP contribution in [-0.2, 0) is 37.9 Å². The second kappa shape index (κ2) is 9.61. The standard InChI is InChI=1S/C21H28N4O5S/c1-15-6-4-5-7-18(15)12-22-19(26)14-30-21(27)17-8-10-25(11-9-17)31(28,29)20-13-24(3)16(2)23-20/h4-7,13,17H,8-12,14H2,1-3H3,(H,22,26). The quantitative estimate of drug-likeness (QED) is 0.639. The molecule has 2 heterocycles. The van der Waals surface area contributed by atoms with Gasteiger partial charge in [-0.3, -0.25) is 9.59 Å². The smallest absolute Gasteiger partial charge is 0.309 e. The molecule has 1 aromatic carbocycles. The number of hydrogen-bond donors (Lipinski definition) is 1. The maximum Gasteiger partial charge on any atom is 0.309 e. The molecule has 2 aromatic rings. The van der Waals surface area contributed by atoms with Gasteiger partial charge in [-0.25, -0.2) is 13.4 Å². The number of aryl methyl sites for hydroxylation is 3. The van der Waals surface area contributed by atoms with Crippen LogP contribution in [0.4, 0.5) is 0 Å². The third-order valence-corrected chi connectivity index (χ3v) is 7.33. The maximum atomic E-state index is 12.7. The second-order valence-corrected chi connectivity index (χ2v) is 9.61. The van der Waals surface area contributed by atoms with Gasteiger partial charge >= 0.3 is 5.97 Å². The fourth-order valence-electron chi connectivity index (χ4n) is 3.42. The van der Waals surface area contributed by atoms with Crippen molar-refractivity contribution in [3.8, 4) is 0 Å². The number of sulfonamides is 1. The zero-order valence-corrected chi connectivity index (χ0v) is 18.8. The maximum absolute atomic E-state index is 12.7. The van der Waals surface area contributed by atoms with Crippen molar-refractivity contribution < 1.29 is 22.7 Å². The molecule has 0 atom stereocenters. The van der Waals surface area contributed by atoms with Gasteiger partial charge in [0.05, 0.1) is 5.92 Å². The monoisotopic (exact) mass is 448 g/mol. The van der Waals surface area contributed by atoms with E-state index in [9.17, 15) is 18.0 Å². The van der Waals surface area contributed by atoms with Crippen LogP contribution in [0.5, 0.6) is 0 Å². The molecule has 1 N–H and O–H groups in total. The molecule has 0 unspecified atom stereocenters. The number of imidazole rings is 1. The number of piperidine rings is 1. The molecule has 1 aliphatic rings. The summed E-state index contributed by atoms with van der Waals surface area (Å²) in [6, 6.07) is 7.71. The van der Waals surface area contributed by atoms with Crippen LogP contribution in [0.1, 0.15) is 29.8 Å². The van der Waals surface area contributed by atoms with E-state index in [4.69, 9.17) is 4.74 Å². The molecule has 1 saturated heterocycles. The highest BCUT2D eigenvalue weighted by molar-refractivity contribution is 7.89. The van der Waals surface area contributed by atoms with E-state index in [1.165, 1.54) is 10.5 Å². The van der Waals surface area contributed by atoms with Crippen molar-refractivity contribution in [2.75, 3.05) is 19.7 Å². The molecular weight excluding hydrogens is 420 g/mol. The predicted molar refractivity (Wildman–Crippen MR) is 113 cm³/mol. The number of rotatable bonds is 7. The minimum absolute atomic E-state index is 0.0128. The minimum Gasteiger partial charge on any atom is -0.455 e. The first-order valence-corrected chi connectivity index (χ1v) is 11.6. The Morgan fingerprint density at radius 3 is 2.48 bits per heavy atom. The average molecular weight is 449 g/mol. The Balaban J connectivity index is 1.44. The van der Waals surface area contributed by atoms with Gasteiger partial charge < -0.3 is 14.6 Å². The molecule has 1 aromatic heterocycles. The summed E-state index contributed by atoms with van der Waals surface area (Å²) in [5, 5.41) is 2.75. The number of nitrogens with zero attached hydrogens (tertiary/aromatic N) is 3. The molecule has 31 heavy (non-hydrogen) atoms. The van der Waals surface area contributed by atoms with Crippen molar-refractivity contribution in [1.82, 2.24) is 19.2 Å². The molecule has 1 aliphatic heterocycles. The van der Waals surface area contributed by atoms with Crippen molar-refractivity contribution in [1.29, 1.82) is 0 Å². The van der Waals surface area contributed by atoms with Crippen LogP contribution < -0.4 is 5.32 Å². The van der Waals surface area contributed by atoms with Crippen LogP contribution in [0.3, 0.4) is 0 Å². The van der Waals surface area contributed by atoms with Gasteiger partial charge in [-0.05, 0) is 37.8 Å². The Hall–Kier alpha value is -2.72. The number of ether oxygens (including phenoxy) is 1. The molecule has 0 aliphatic carbocycles. The summed E-state index contributed by atoms with van der Waals surface area (Å²) in [5.74, 6) is -0.669. The van der Waals surface area contributed by atoms with Crippen molar-refractivity contribution in [2.24, 2.45) is 13.0 Å². The normalized spacial score (nSPS) is 15.6. The van der Waals surface area contributed by atoms with E-state index in [-0.39, 0.29) is 30.6 Å². The van der Waals surface area contributed by atoms with E-state index in [1.54, 1.807) is 18.5 Å². The minimum atomic E-state index is -3.69. The molecule has 3 rings (SSSR count). The molecule has 1 amide bonds. The van der Waals surface area contributed by atoms with Crippen LogP contribution in [-0.4, -0.2) is 53.8 Å². The van der Waals surface area contributed by atoms with Crippen molar-refractivity contribution in [3.05, 3.63) is 47.4 Å². The van der Waals surface area contributed by atoms with E-state index in [2.05, 4.69) is 10.3 Å². The van der Waals surface area contributed by atoms with E-state index in [0.717, 1.165) is 11.1 Å². The highest BCUT2D eigenvalue weighted by atomic mass is 32.2. The number of benzene rings is 1. The Bertz CT molecular complexity index is 1040. The molecule has 1 fully saturated rings. The van der Waals surface area contributed by atoms with Crippen LogP contribution in [0, 0.1) is 19.8 Å². The van der Waals surface area contributed by atoms with Gasteiger partial charge in [0.15, 0.2) is 11.6 Å². The number of esters is 1. The van der Waals surface area contributed by atoms with Crippen LogP contribution in [0.15, 0.2) is 35.5 Å². The van der Waals surface area contributed by atoms with E-state index in [0.29, 0.717) is 25.2 Å². The Kier molecular flexibility index (Phi) is 7.11. The van der Waals surface area contributed by atoms with E-state index >= 15 is 0 Å². The van der Waals surface area contributed by atoms with Gasteiger partial charge in [0.2, 0.25) is 0 Å². The number of carbonyl (C=O) groups is 2. The summed E-state index contributed by atoms with van der Waals surface area (Å²) in [4.78, 5) is 28.4. The Morgan fingerprint density at radius 2 is 1.87 bits per heavy atom. The topological polar surface area (TPSA) is 111 Å². The fraction of sp³-hybridized carbons (Fsp3) is 0.476. The summed E-state index contributed by atoms with van der Waals surface area (Å²) < 4.78 is 33.6. The Morgan fingerprint density at radius 1 is 1.19 bits per heavy atom. The predicted octanol–water partition coefficient (Wildman–Crippen LogP) is 1.30. The van der Waals surface area contributed by atoms with E-state index < -0.39 is 21.9 Å². The molecule has 168 valence electrons. The average Bonchev–Trinajstić information content (AvgIpc) is 3.10. The molecule has 0 radical (unpaired) electrons. The summed E-state index contributed by atoms with van der Waals surface area (Å²) in [6.07, 6.45) is 2.17. The molecule has 0 bridgehead atoms. The zero-order valence-electron chi connectivity index (χ0n) is 18.0. The first kappa shape index (κ1) is 23.0. The van der Waals surface area contributed by atoms with Gasteiger partial charge in [0.25, 0.3) is 15.9 Å². The van der Waals surface area contributed by atoms with Crippen molar-refractivity contribution >= 4 is 21.9 Å². The van der Waals surface area contributed by atoms with Crippen LogP contribution in [0.25, 0.3) is 0 Å². The largest absolute Gasteiger partial charge is 0.455 e. The fourth-order valence-corrected chi connectivity index (χ4v) is 4.92. The summed E-state index contributed by atoms with van der Waals surface area (Å²) in [5.41, 5.74) is 2.07. The third-order valence-electron chi connectivity index (χ3n) is 5.56. The second-order valence-electron chi connectivity index (χ2n) is 7.73. The first-order valence-electron chi connectivity index (χ1n) is 10.2. The highest BCUT2D eigenvalue weighted by Crippen LogP contribution is 2.24. The van der Waals surface area contributed by atoms with Gasteiger partial charge in [0, 0.05) is 32.9 Å². The number of aromatic nitrogens is 2. The van der Waals surface area contributed by atoms with Crippen LogP contribution in [0.2, 0.25) is 0 Å². The van der Waals surface area contributed by atoms with Gasteiger partial charge in [-0.2, -0.15) is 4.31 Å². The number of nitrogens with one attached hydrogen (secondary N) is 1. The number of hydrogen-bond acceptors (Lipinski definition) is 6. The van der Waals surface area contributed by atoms with Gasteiger partial charge in [-0.15, -0.1) is 0 Å². The van der Waals surface area contributed by atoms with Crippen LogP contribution >= 0.6 is 0 Å². The third kappa shape index (κ3) is 5.50.